The molecular formula is C11H16Si. The molecule has 0 bridgehead atoms. The second kappa shape index (κ2) is 3.72. The van der Waals surface area contributed by atoms with Crippen molar-refractivity contribution < 1.29 is 0 Å². The minimum atomic E-state index is 1.16. The first-order chi connectivity index (χ1) is 5.61. The molecule has 1 rings (SSSR count). The van der Waals surface area contributed by atoms with Crippen LogP contribution in [0.2, 0.25) is 0 Å². The van der Waals surface area contributed by atoms with E-state index in [4.69, 9.17) is 0 Å². The summed E-state index contributed by atoms with van der Waals surface area (Å²) >= 11 is 0. The Morgan fingerprint density at radius 3 is 2.58 bits per heavy atom. The Labute approximate surface area is 77.7 Å². The van der Waals surface area contributed by atoms with Gasteiger partial charge in [0.1, 0.15) is 0 Å². The first-order valence-corrected chi connectivity index (χ1v) is 5.32. The average Bonchev–Trinajstić information content (AvgIpc) is 1.98. The average molecular weight is 176 g/mol. The van der Waals surface area contributed by atoms with E-state index < -0.39 is 0 Å². The van der Waals surface area contributed by atoms with E-state index in [0.717, 1.165) is 10.2 Å². The molecule has 0 heterocycles. The van der Waals surface area contributed by atoms with Crippen molar-refractivity contribution in [2.24, 2.45) is 0 Å². The molecule has 0 aliphatic carbocycles. The van der Waals surface area contributed by atoms with E-state index in [0.29, 0.717) is 0 Å². The van der Waals surface area contributed by atoms with Crippen molar-refractivity contribution >= 4 is 16.3 Å². The molecule has 12 heavy (non-hydrogen) atoms. The lowest BCUT2D eigenvalue weighted by Gasteiger charge is -2.04. The number of hydrogen-bond donors (Lipinski definition) is 0. The Kier molecular flexibility index (Phi) is 2.87. The van der Waals surface area contributed by atoms with E-state index in [1.54, 1.807) is 0 Å². The lowest BCUT2D eigenvalue weighted by molar-refractivity contribution is 1.32. The maximum atomic E-state index is 2.29. The van der Waals surface area contributed by atoms with Gasteiger partial charge in [0, 0.05) is 10.2 Å². The first-order valence-electron chi connectivity index (χ1n) is 4.32. The van der Waals surface area contributed by atoms with Gasteiger partial charge in [-0.25, -0.2) is 0 Å². The van der Waals surface area contributed by atoms with Crippen LogP contribution in [0, 0.1) is 13.8 Å². The molecule has 0 radical (unpaired) electrons. The van der Waals surface area contributed by atoms with Crippen LogP contribution >= 0.6 is 0 Å². The minimum Gasteiger partial charge on any atom is -0.0942 e. The molecule has 0 atom stereocenters. The van der Waals surface area contributed by atoms with Crippen molar-refractivity contribution in [1.82, 2.24) is 0 Å². The summed E-state index contributed by atoms with van der Waals surface area (Å²) in [5, 5.41) is 1.49. The maximum Gasteiger partial charge on any atom is 0.0329 e. The van der Waals surface area contributed by atoms with Crippen molar-refractivity contribution in [3.63, 3.8) is 0 Å². The van der Waals surface area contributed by atoms with Crippen LogP contribution in [0.15, 0.2) is 23.4 Å². The number of aryl methyl sites for hydroxylation is 1. The molecule has 1 aromatic carbocycles. The van der Waals surface area contributed by atoms with E-state index >= 15 is 0 Å². The zero-order valence-corrected chi connectivity index (χ0v) is 10.3. The molecular weight excluding hydrogens is 160 g/mol. The predicted molar refractivity (Wildman–Crippen MR) is 59.5 cm³/mol. The van der Waals surface area contributed by atoms with Crippen molar-refractivity contribution in [3.8, 4) is 0 Å². The van der Waals surface area contributed by atoms with Crippen molar-refractivity contribution in [2.75, 3.05) is 0 Å². The third kappa shape index (κ3) is 2.08. The monoisotopic (exact) mass is 176 g/mol. The summed E-state index contributed by atoms with van der Waals surface area (Å²) < 4.78 is 0. The quantitative estimate of drug-likeness (QED) is 0.574. The van der Waals surface area contributed by atoms with Crippen LogP contribution < -0.4 is 0 Å². The molecule has 0 unspecified atom stereocenters. The summed E-state index contributed by atoms with van der Waals surface area (Å²) in [5.41, 5.74) is 4.17. The van der Waals surface area contributed by atoms with Crippen LogP contribution in [0.25, 0.3) is 6.08 Å². The van der Waals surface area contributed by atoms with Gasteiger partial charge in [-0.05, 0) is 37.5 Å². The van der Waals surface area contributed by atoms with Crippen LogP contribution in [0.3, 0.4) is 0 Å². The fourth-order valence-corrected chi connectivity index (χ4v) is 1.55. The second-order valence-corrected chi connectivity index (χ2v) is 5.09. The summed E-state index contributed by atoms with van der Waals surface area (Å²) in [6.45, 7) is 6.54. The molecule has 0 saturated heterocycles. The molecule has 0 aliphatic rings. The number of benzene rings is 1. The Morgan fingerprint density at radius 1 is 1.33 bits per heavy atom. The van der Waals surface area contributed by atoms with Crippen molar-refractivity contribution in [1.29, 1.82) is 0 Å². The zero-order chi connectivity index (χ0) is 9.14. The van der Waals surface area contributed by atoms with Gasteiger partial charge in [0.25, 0.3) is 0 Å². The van der Waals surface area contributed by atoms with Crippen LogP contribution in [0.1, 0.15) is 23.6 Å². The molecule has 0 saturated carbocycles. The third-order valence-electron chi connectivity index (χ3n) is 2.09. The topological polar surface area (TPSA) is 0 Å². The van der Waals surface area contributed by atoms with Gasteiger partial charge in [0.2, 0.25) is 0 Å². The zero-order valence-electron chi connectivity index (χ0n) is 8.31. The maximum absolute atomic E-state index is 2.29. The first kappa shape index (κ1) is 9.27. The lowest BCUT2D eigenvalue weighted by atomic mass is 10.0. The van der Waals surface area contributed by atoms with Gasteiger partial charge < -0.3 is 0 Å². The van der Waals surface area contributed by atoms with Gasteiger partial charge in [-0.1, -0.05) is 29.5 Å². The fourth-order valence-electron chi connectivity index (χ4n) is 1.24. The van der Waals surface area contributed by atoms with E-state index in [9.17, 15) is 0 Å². The lowest BCUT2D eigenvalue weighted by Crippen LogP contribution is -1.85. The summed E-state index contributed by atoms with van der Waals surface area (Å²) in [6.07, 6.45) is 2.29. The van der Waals surface area contributed by atoms with Crippen molar-refractivity contribution in [2.45, 2.75) is 20.8 Å². The molecule has 0 spiro atoms. The Bertz CT molecular complexity index is 307. The molecule has 0 fully saturated rings. The number of hydrogen-bond acceptors (Lipinski definition) is 0. The van der Waals surface area contributed by atoms with Crippen LogP contribution in [-0.2, 0) is 0 Å². The molecule has 0 amide bonds. The van der Waals surface area contributed by atoms with Gasteiger partial charge in [-0.3, -0.25) is 0 Å². The molecule has 0 aliphatic heterocycles. The highest BCUT2D eigenvalue weighted by Gasteiger charge is 1.95. The fraction of sp³-hybridized carbons (Fsp3) is 0.273. The number of allylic oxidation sites excluding steroid dienone is 1. The standard InChI is InChI=1S/C11H16Si/c1-8-5-4-6-11(10(8)3)7-9(2)12/h4-7H,1-3,12H3. The van der Waals surface area contributed by atoms with E-state index in [-0.39, 0.29) is 0 Å². The molecule has 1 aromatic rings. The highest BCUT2D eigenvalue weighted by molar-refractivity contribution is 6.23. The second-order valence-electron chi connectivity index (χ2n) is 3.51. The highest BCUT2D eigenvalue weighted by atomic mass is 28.1. The van der Waals surface area contributed by atoms with Gasteiger partial charge in [0.05, 0.1) is 0 Å². The van der Waals surface area contributed by atoms with Gasteiger partial charge in [-0.2, -0.15) is 0 Å². The molecule has 0 N–H and O–H groups in total. The molecule has 0 nitrogen and oxygen atoms in total. The Hall–Kier alpha value is -0.823. The van der Waals surface area contributed by atoms with E-state index in [2.05, 4.69) is 45.0 Å². The van der Waals surface area contributed by atoms with Gasteiger partial charge >= 0.3 is 0 Å². The smallest absolute Gasteiger partial charge is 0.0329 e. The normalized spacial score (nSPS) is 12.1. The molecule has 0 aromatic heterocycles. The van der Waals surface area contributed by atoms with Crippen molar-refractivity contribution in [3.05, 3.63) is 40.1 Å². The SMILES string of the molecule is CC([SiH3])=Cc1cccc(C)c1C. The van der Waals surface area contributed by atoms with Gasteiger partial charge in [-0.15, -0.1) is 0 Å². The molecule has 64 valence electrons. The van der Waals surface area contributed by atoms with Crippen LogP contribution in [0.5, 0.6) is 0 Å². The highest BCUT2D eigenvalue weighted by Crippen LogP contribution is 2.14. The Balaban J connectivity index is 3.17. The van der Waals surface area contributed by atoms with Crippen LogP contribution in [0.4, 0.5) is 0 Å². The van der Waals surface area contributed by atoms with Gasteiger partial charge in [0.15, 0.2) is 0 Å². The van der Waals surface area contributed by atoms with E-state index in [1.165, 1.54) is 21.9 Å². The summed E-state index contributed by atoms with van der Waals surface area (Å²) in [6, 6.07) is 6.47. The number of rotatable bonds is 1. The van der Waals surface area contributed by atoms with E-state index in [1.807, 2.05) is 0 Å². The largest absolute Gasteiger partial charge is 0.0942 e. The summed E-state index contributed by atoms with van der Waals surface area (Å²) in [5.74, 6) is 0. The Morgan fingerprint density at radius 2 is 2.00 bits per heavy atom. The summed E-state index contributed by atoms with van der Waals surface area (Å²) in [4.78, 5) is 0. The van der Waals surface area contributed by atoms with Crippen LogP contribution in [-0.4, -0.2) is 10.2 Å². The minimum absolute atomic E-state index is 1.16. The predicted octanol–water partition coefficient (Wildman–Crippen LogP) is 2.03. The summed E-state index contributed by atoms with van der Waals surface area (Å²) in [7, 11) is 1.16. The third-order valence-corrected chi connectivity index (χ3v) is 2.38. The molecule has 1 heteroatoms.